The molecule has 1 fully saturated rings. The minimum atomic E-state index is -0.258. The van der Waals surface area contributed by atoms with Gasteiger partial charge >= 0.3 is 0 Å². The van der Waals surface area contributed by atoms with Crippen molar-refractivity contribution >= 4 is 34.8 Å². The Labute approximate surface area is 220 Å². The van der Waals surface area contributed by atoms with Crippen molar-refractivity contribution in [2.75, 3.05) is 37.7 Å². The van der Waals surface area contributed by atoms with Crippen LogP contribution in [-0.4, -0.2) is 48.6 Å². The third-order valence-electron chi connectivity index (χ3n) is 7.26. The smallest absolute Gasteiger partial charge is 0.258 e. The number of anilines is 1. The van der Waals surface area contributed by atoms with E-state index in [9.17, 15) is 9.18 Å². The molecular formula is C28H28Cl2FN3O2. The first kappa shape index (κ1) is 25.0. The van der Waals surface area contributed by atoms with E-state index in [-0.39, 0.29) is 17.1 Å². The van der Waals surface area contributed by atoms with E-state index in [1.807, 2.05) is 23.1 Å². The summed E-state index contributed by atoms with van der Waals surface area (Å²) >= 11 is 12.4. The molecule has 0 bridgehead atoms. The number of ether oxygens (including phenoxy) is 1. The zero-order valence-electron chi connectivity index (χ0n) is 19.9. The van der Waals surface area contributed by atoms with Crippen LogP contribution in [0.15, 0.2) is 60.8 Å². The maximum atomic E-state index is 13.4. The van der Waals surface area contributed by atoms with Gasteiger partial charge in [0.2, 0.25) is 0 Å². The molecule has 0 unspecified atom stereocenters. The average Bonchev–Trinajstić information content (AvgIpc) is 3.18. The molecule has 3 aromatic rings. The summed E-state index contributed by atoms with van der Waals surface area (Å²) < 4.78 is 18.7. The summed E-state index contributed by atoms with van der Waals surface area (Å²) in [7, 11) is 0. The lowest BCUT2D eigenvalue weighted by atomic mass is 9.74. The molecule has 2 aliphatic rings. The third kappa shape index (κ3) is 5.36. The van der Waals surface area contributed by atoms with Crippen molar-refractivity contribution in [3.63, 3.8) is 0 Å². The second-order valence-electron chi connectivity index (χ2n) is 9.55. The predicted octanol–water partition coefficient (Wildman–Crippen LogP) is 6.38. The lowest BCUT2D eigenvalue weighted by molar-refractivity contribution is 0.0976. The number of hydrogen-bond acceptors (Lipinski definition) is 4. The Morgan fingerprint density at radius 3 is 2.56 bits per heavy atom. The van der Waals surface area contributed by atoms with E-state index in [4.69, 9.17) is 27.9 Å². The quantitative estimate of drug-likeness (QED) is 0.264. The largest absolute Gasteiger partial charge is 0.494 e. The van der Waals surface area contributed by atoms with Gasteiger partial charge in [0, 0.05) is 34.4 Å². The Kier molecular flexibility index (Phi) is 7.47. The number of likely N-dealkylation sites (tertiary alicyclic amines) is 1. The van der Waals surface area contributed by atoms with E-state index in [1.54, 1.807) is 30.5 Å². The zero-order valence-corrected chi connectivity index (χ0v) is 21.4. The summed E-state index contributed by atoms with van der Waals surface area (Å²) in [4.78, 5) is 21.8. The van der Waals surface area contributed by atoms with E-state index < -0.39 is 0 Å². The van der Waals surface area contributed by atoms with Crippen LogP contribution in [0.25, 0.3) is 0 Å². The Bertz CT molecular complexity index is 1230. The van der Waals surface area contributed by atoms with Crippen LogP contribution >= 0.6 is 23.2 Å². The first-order chi connectivity index (χ1) is 17.4. The van der Waals surface area contributed by atoms with Crippen LogP contribution in [0.4, 0.5) is 10.1 Å². The van der Waals surface area contributed by atoms with E-state index in [2.05, 4.69) is 9.88 Å². The van der Waals surface area contributed by atoms with Gasteiger partial charge in [-0.3, -0.25) is 4.79 Å². The molecule has 1 spiro atoms. The highest BCUT2D eigenvalue weighted by molar-refractivity contribution is 6.31. The fourth-order valence-corrected chi connectivity index (χ4v) is 5.65. The summed E-state index contributed by atoms with van der Waals surface area (Å²) in [6.45, 7) is 4.19. The van der Waals surface area contributed by atoms with Crippen molar-refractivity contribution in [3.8, 4) is 5.75 Å². The molecule has 188 valence electrons. The summed E-state index contributed by atoms with van der Waals surface area (Å²) in [5, 5.41) is 1.00. The van der Waals surface area contributed by atoms with Gasteiger partial charge in [-0.15, -0.1) is 0 Å². The van der Waals surface area contributed by atoms with Crippen LogP contribution < -0.4 is 9.64 Å². The van der Waals surface area contributed by atoms with Crippen LogP contribution in [0.5, 0.6) is 5.75 Å². The molecule has 0 aliphatic carbocycles. The normalized spacial score (nSPS) is 16.8. The molecular weight excluding hydrogens is 500 g/mol. The molecule has 3 heterocycles. The molecule has 1 aromatic heterocycles. The summed E-state index contributed by atoms with van der Waals surface area (Å²) in [5.41, 5.74) is 2.53. The van der Waals surface area contributed by atoms with Crippen molar-refractivity contribution in [1.82, 2.24) is 9.88 Å². The maximum Gasteiger partial charge on any atom is 0.258 e. The number of unbranched alkanes of at least 4 members (excludes halogenated alkanes) is 1. The first-order valence-corrected chi connectivity index (χ1v) is 13.0. The second-order valence-corrected chi connectivity index (χ2v) is 10.4. The number of carbonyl (C=O) groups is 1. The minimum absolute atomic E-state index is 0.0664. The van der Waals surface area contributed by atoms with Gasteiger partial charge in [-0.2, -0.15) is 0 Å². The molecule has 1 amide bonds. The van der Waals surface area contributed by atoms with E-state index in [1.165, 1.54) is 12.1 Å². The van der Waals surface area contributed by atoms with Crippen molar-refractivity contribution < 1.29 is 13.9 Å². The van der Waals surface area contributed by atoms with E-state index >= 15 is 0 Å². The average molecular weight is 528 g/mol. The van der Waals surface area contributed by atoms with Gasteiger partial charge < -0.3 is 14.5 Å². The summed E-state index contributed by atoms with van der Waals surface area (Å²) in [6, 6.07) is 15.3. The number of aromatic nitrogens is 1. The number of piperidine rings is 1. The highest BCUT2D eigenvalue weighted by Gasteiger charge is 2.46. The maximum absolute atomic E-state index is 13.4. The molecule has 0 radical (unpaired) electrons. The van der Waals surface area contributed by atoms with Gasteiger partial charge in [-0.1, -0.05) is 23.2 Å². The number of carbonyl (C=O) groups excluding carboxylic acids is 1. The fraction of sp³-hybridized carbons (Fsp3) is 0.357. The van der Waals surface area contributed by atoms with E-state index in [0.29, 0.717) is 34.6 Å². The number of rotatable bonds is 7. The molecule has 5 rings (SSSR count). The molecule has 0 N–H and O–H groups in total. The third-order valence-corrected chi connectivity index (χ3v) is 7.71. The van der Waals surface area contributed by atoms with Gasteiger partial charge in [0.15, 0.2) is 0 Å². The highest BCUT2D eigenvalue weighted by atomic mass is 35.5. The number of pyridine rings is 1. The Morgan fingerprint density at radius 2 is 1.81 bits per heavy atom. The number of fused-ring (bicyclic) bond motifs is 2. The standard InChI is InChI=1S/C28H28Cl2FN3O2/c29-21-3-8-25-24(18-21)28(19-34(25)27(35)20-9-12-32-26(30)17-20)10-14-33(15-11-28)13-1-2-16-36-23-6-4-22(31)5-7-23/h3-9,12,17-18H,1-2,10-11,13-16,19H2. The molecule has 5 nitrogen and oxygen atoms in total. The molecule has 8 heteroatoms. The van der Waals surface area contributed by atoms with Gasteiger partial charge in [0.05, 0.1) is 6.61 Å². The second kappa shape index (κ2) is 10.8. The zero-order chi connectivity index (χ0) is 25.1. The first-order valence-electron chi connectivity index (χ1n) is 12.3. The number of halogens is 3. The lowest BCUT2D eigenvalue weighted by Crippen LogP contribution is -2.46. The Morgan fingerprint density at radius 1 is 1.03 bits per heavy atom. The molecule has 1 saturated heterocycles. The van der Waals surface area contributed by atoms with Gasteiger partial charge in [0.1, 0.15) is 16.7 Å². The van der Waals surface area contributed by atoms with Gasteiger partial charge in [0.25, 0.3) is 5.91 Å². The van der Waals surface area contributed by atoms with Crippen molar-refractivity contribution in [2.24, 2.45) is 0 Å². The molecule has 2 aliphatic heterocycles. The molecule has 2 aromatic carbocycles. The Hall–Kier alpha value is -2.67. The number of amides is 1. The molecule has 0 atom stereocenters. The topological polar surface area (TPSA) is 45.7 Å². The van der Waals surface area contributed by atoms with Crippen molar-refractivity contribution in [1.29, 1.82) is 0 Å². The number of hydrogen-bond donors (Lipinski definition) is 0. The minimum Gasteiger partial charge on any atom is -0.494 e. The monoisotopic (exact) mass is 527 g/mol. The summed E-state index contributed by atoms with van der Waals surface area (Å²) in [6.07, 6.45) is 5.46. The molecule has 36 heavy (non-hydrogen) atoms. The number of nitrogens with zero attached hydrogens (tertiary/aromatic N) is 3. The van der Waals surface area contributed by atoms with Gasteiger partial charge in [-0.05, 0) is 105 Å². The van der Waals surface area contributed by atoms with Crippen LogP contribution in [0.3, 0.4) is 0 Å². The highest BCUT2D eigenvalue weighted by Crippen LogP contribution is 2.48. The number of benzene rings is 2. The van der Waals surface area contributed by atoms with Crippen molar-refractivity contribution in [3.05, 3.63) is 87.9 Å². The van der Waals surface area contributed by atoms with Crippen LogP contribution in [0, 0.1) is 5.82 Å². The predicted molar refractivity (Wildman–Crippen MR) is 141 cm³/mol. The van der Waals surface area contributed by atoms with Crippen LogP contribution in [-0.2, 0) is 5.41 Å². The lowest BCUT2D eigenvalue weighted by Gasteiger charge is -2.40. The van der Waals surface area contributed by atoms with Crippen LogP contribution in [0.2, 0.25) is 10.2 Å². The molecule has 0 saturated carbocycles. The van der Waals surface area contributed by atoms with Crippen molar-refractivity contribution in [2.45, 2.75) is 31.1 Å². The fourth-order valence-electron chi connectivity index (χ4n) is 5.30. The van der Waals surface area contributed by atoms with Gasteiger partial charge in [-0.25, -0.2) is 9.37 Å². The van der Waals surface area contributed by atoms with Crippen LogP contribution in [0.1, 0.15) is 41.6 Å². The van der Waals surface area contributed by atoms with E-state index in [0.717, 1.165) is 56.6 Å². The summed E-state index contributed by atoms with van der Waals surface area (Å²) in [5.74, 6) is 0.373. The SMILES string of the molecule is O=C(c1ccnc(Cl)c1)N1CC2(CCN(CCCCOc3ccc(F)cc3)CC2)c2cc(Cl)ccc21. The Balaban J connectivity index is 1.19.